The largest absolute Gasteiger partial charge is 0.337 e. The minimum absolute atomic E-state index is 0.0531. The van der Waals surface area contributed by atoms with Crippen molar-refractivity contribution in [1.29, 1.82) is 0 Å². The third-order valence-corrected chi connectivity index (χ3v) is 5.27. The summed E-state index contributed by atoms with van der Waals surface area (Å²) in [7, 11) is 1.85. The molecule has 0 aliphatic rings. The maximum absolute atomic E-state index is 12.6. The van der Waals surface area contributed by atoms with E-state index in [1.165, 1.54) is 11.1 Å². The van der Waals surface area contributed by atoms with E-state index in [0.717, 1.165) is 22.6 Å². The number of amides is 1. The second kappa shape index (κ2) is 9.25. The van der Waals surface area contributed by atoms with Gasteiger partial charge in [0.05, 0.1) is 0 Å². The molecule has 0 saturated carbocycles. The molecule has 0 bridgehead atoms. The molecule has 0 aliphatic heterocycles. The van der Waals surface area contributed by atoms with Crippen LogP contribution in [0.3, 0.4) is 0 Å². The van der Waals surface area contributed by atoms with Gasteiger partial charge in [0.2, 0.25) is 0 Å². The number of hydrogen-bond acceptors (Lipinski definition) is 2. The molecule has 0 saturated heterocycles. The number of thioether (sulfide) groups is 1. The van der Waals surface area contributed by atoms with Gasteiger partial charge in [-0.25, -0.2) is 0 Å². The van der Waals surface area contributed by atoms with E-state index in [4.69, 9.17) is 0 Å². The molecule has 3 aromatic rings. The molecule has 1 amide bonds. The van der Waals surface area contributed by atoms with Gasteiger partial charge in [0.15, 0.2) is 0 Å². The van der Waals surface area contributed by atoms with Gasteiger partial charge in [0.25, 0.3) is 5.91 Å². The van der Waals surface area contributed by atoms with Crippen LogP contribution in [-0.2, 0) is 18.1 Å². The van der Waals surface area contributed by atoms with Gasteiger partial charge in [-0.2, -0.15) is 11.8 Å². The monoisotopic (exact) mass is 361 g/mol. The van der Waals surface area contributed by atoms with Crippen molar-refractivity contribution >= 4 is 17.7 Å². The summed E-state index contributed by atoms with van der Waals surface area (Å²) in [5, 5.41) is 0. The topological polar surface area (TPSA) is 20.3 Å². The van der Waals surface area contributed by atoms with Gasteiger partial charge in [0, 0.05) is 30.7 Å². The number of carbonyl (C=O) groups excluding carboxylic acids is 1. The second-order valence-corrected chi connectivity index (χ2v) is 7.31. The summed E-state index contributed by atoms with van der Waals surface area (Å²) < 4.78 is 0. The zero-order valence-corrected chi connectivity index (χ0v) is 15.8. The van der Waals surface area contributed by atoms with E-state index in [1.54, 1.807) is 4.90 Å². The first-order valence-corrected chi connectivity index (χ1v) is 9.88. The van der Waals surface area contributed by atoms with Gasteiger partial charge in [-0.3, -0.25) is 4.79 Å². The van der Waals surface area contributed by atoms with Crippen molar-refractivity contribution in [3.8, 4) is 0 Å². The van der Waals surface area contributed by atoms with Gasteiger partial charge in [0.1, 0.15) is 0 Å². The molecule has 0 atom stereocenters. The molecule has 0 fully saturated rings. The molecule has 3 aromatic carbocycles. The zero-order valence-electron chi connectivity index (χ0n) is 15.0. The van der Waals surface area contributed by atoms with Crippen molar-refractivity contribution in [1.82, 2.24) is 4.90 Å². The quantitative estimate of drug-likeness (QED) is 0.562. The van der Waals surface area contributed by atoms with Crippen LogP contribution in [0.4, 0.5) is 0 Å². The lowest BCUT2D eigenvalue weighted by Crippen LogP contribution is -2.26. The minimum atomic E-state index is 0.0531. The normalized spacial score (nSPS) is 10.5. The van der Waals surface area contributed by atoms with Gasteiger partial charge in [-0.1, -0.05) is 72.8 Å². The fourth-order valence-corrected chi connectivity index (χ4v) is 3.71. The van der Waals surface area contributed by atoms with E-state index in [0.29, 0.717) is 6.54 Å². The van der Waals surface area contributed by atoms with Crippen LogP contribution >= 0.6 is 11.8 Å². The first-order valence-electron chi connectivity index (χ1n) is 8.72. The Hall–Kier alpha value is -2.52. The van der Waals surface area contributed by atoms with Crippen molar-refractivity contribution in [2.24, 2.45) is 0 Å². The average Bonchev–Trinajstić information content (AvgIpc) is 2.69. The van der Waals surface area contributed by atoms with Crippen LogP contribution in [0.5, 0.6) is 0 Å². The summed E-state index contributed by atoms with van der Waals surface area (Å²) in [6.45, 7) is 0.619. The highest BCUT2D eigenvalue weighted by Gasteiger charge is 2.11. The Morgan fingerprint density at radius 1 is 0.731 bits per heavy atom. The lowest BCUT2D eigenvalue weighted by molar-refractivity contribution is 0.0785. The number of carbonyl (C=O) groups is 1. The molecule has 3 heteroatoms. The summed E-state index contributed by atoms with van der Waals surface area (Å²) in [5.74, 6) is 2.00. The van der Waals surface area contributed by atoms with E-state index in [1.807, 2.05) is 67.3 Å². The molecule has 132 valence electrons. The maximum Gasteiger partial charge on any atom is 0.253 e. The number of hydrogen-bond donors (Lipinski definition) is 0. The Kier molecular flexibility index (Phi) is 6.50. The van der Waals surface area contributed by atoms with Crippen LogP contribution in [-0.4, -0.2) is 17.9 Å². The van der Waals surface area contributed by atoms with Gasteiger partial charge >= 0.3 is 0 Å². The smallest absolute Gasteiger partial charge is 0.253 e. The molecule has 0 spiro atoms. The van der Waals surface area contributed by atoms with Crippen LogP contribution in [0.15, 0.2) is 84.9 Å². The first-order chi connectivity index (χ1) is 12.7. The lowest BCUT2D eigenvalue weighted by Gasteiger charge is -2.17. The highest BCUT2D eigenvalue weighted by molar-refractivity contribution is 7.97. The SMILES string of the molecule is CN(Cc1ccccc1)C(=O)c1ccc(CSCc2ccccc2)cc1. The van der Waals surface area contributed by atoms with E-state index in [9.17, 15) is 4.79 Å². The Bertz CT molecular complexity index is 816. The fraction of sp³-hybridized carbons (Fsp3) is 0.174. The van der Waals surface area contributed by atoms with Crippen LogP contribution < -0.4 is 0 Å². The Labute approximate surface area is 159 Å². The van der Waals surface area contributed by atoms with E-state index < -0.39 is 0 Å². The van der Waals surface area contributed by atoms with Crippen LogP contribution in [0.25, 0.3) is 0 Å². The van der Waals surface area contributed by atoms with Crippen molar-refractivity contribution in [3.05, 3.63) is 107 Å². The Morgan fingerprint density at radius 3 is 1.81 bits per heavy atom. The molecule has 2 nitrogen and oxygen atoms in total. The molecule has 3 rings (SSSR count). The zero-order chi connectivity index (χ0) is 18.2. The van der Waals surface area contributed by atoms with Gasteiger partial charge < -0.3 is 4.90 Å². The van der Waals surface area contributed by atoms with Crippen LogP contribution in [0.1, 0.15) is 27.0 Å². The summed E-state index contributed by atoms with van der Waals surface area (Å²) in [6, 6.07) is 28.5. The molecular formula is C23H23NOS. The number of nitrogens with zero attached hydrogens (tertiary/aromatic N) is 1. The maximum atomic E-state index is 12.6. The number of benzene rings is 3. The standard InChI is InChI=1S/C23H23NOS/c1-24(16-19-8-4-2-5-9-19)23(25)22-14-12-21(13-15-22)18-26-17-20-10-6-3-7-11-20/h2-15H,16-18H2,1H3. The van der Waals surface area contributed by atoms with Crippen molar-refractivity contribution in [2.45, 2.75) is 18.1 Å². The molecule has 0 radical (unpaired) electrons. The van der Waals surface area contributed by atoms with Crippen LogP contribution in [0.2, 0.25) is 0 Å². The Balaban J connectivity index is 1.52. The molecule has 26 heavy (non-hydrogen) atoms. The van der Waals surface area contributed by atoms with Gasteiger partial charge in [-0.05, 0) is 28.8 Å². The van der Waals surface area contributed by atoms with Crippen LogP contribution in [0, 0.1) is 0 Å². The summed E-state index contributed by atoms with van der Waals surface area (Å²) in [4.78, 5) is 14.3. The van der Waals surface area contributed by atoms with Crippen molar-refractivity contribution in [3.63, 3.8) is 0 Å². The molecule has 0 aliphatic carbocycles. The summed E-state index contributed by atoms with van der Waals surface area (Å²) in [5.41, 5.74) is 4.46. The third-order valence-electron chi connectivity index (χ3n) is 4.19. The van der Waals surface area contributed by atoms with Crippen molar-refractivity contribution < 1.29 is 4.79 Å². The summed E-state index contributed by atoms with van der Waals surface area (Å²) >= 11 is 1.89. The summed E-state index contributed by atoms with van der Waals surface area (Å²) in [6.07, 6.45) is 0. The highest BCUT2D eigenvalue weighted by atomic mass is 32.2. The fourth-order valence-electron chi connectivity index (χ4n) is 2.75. The predicted octanol–water partition coefficient (Wildman–Crippen LogP) is 5.39. The van der Waals surface area contributed by atoms with E-state index in [2.05, 4.69) is 36.4 Å². The second-order valence-electron chi connectivity index (χ2n) is 6.32. The lowest BCUT2D eigenvalue weighted by atomic mass is 10.1. The van der Waals surface area contributed by atoms with Gasteiger partial charge in [-0.15, -0.1) is 0 Å². The number of rotatable bonds is 7. The minimum Gasteiger partial charge on any atom is -0.337 e. The van der Waals surface area contributed by atoms with Crippen molar-refractivity contribution in [2.75, 3.05) is 7.05 Å². The molecular weight excluding hydrogens is 338 g/mol. The molecule has 0 unspecified atom stereocenters. The highest BCUT2D eigenvalue weighted by Crippen LogP contribution is 2.18. The first kappa shape index (κ1) is 18.3. The predicted molar refractivity (Wildman–Crippen MR) is 110 cm³/mol. The van der Waals surface area contributed by atoms with E-state index >= 15 is 0 Å². The Morgan fingerprint density at radius 2 is 1.23 bits per heavy atom. The average molecular weight is 362 g/mol. The molecule has 0 N–H and O–H groups in total. The van der Waals surface area contributed by atoms with E-state index in [-0.39, 0.29) is 5.91 Å². The third kappa shape index (κ3) is 5.24. The molecule has 0 heterocycles. The molecule has 0 aromatic heterocycles.